The van der Waals surface area contributed by atoms with E-state index >= 15 is 0 Å². The van der Waals surface area contributed by atoms with Gasteiger partial charge in [-0.15, -0.1) is 0 Å². The molecule has 4 heteroatoms. The molecule has 1 aliphatic carbocycles. The SMILES string of the molecule is CCC1CC1NC(=O)c1cc(N)cc(OC)c1. The Kier molecular flexibility index (Phi) is 3.22. The predicted molar refractivity (Wildman–Crippen MR) is 67.1 cm³/mol. The largest absolute Gasteiger partial charge is 0.497 e. The molecule has 0 saturated heterocycles. The molecule has 0 aliphatic heterocycles. The van der Waals surface area contributed by atoms with Crippen molar-refractivity contribution in [1.82, 2.24) is 5.32 Å². The minimum Gasteiger partial charge on any atom is -0.497 e. The summed E-state index contributed by atoms with van der Waals surface area (Å²) in [7, 11) is 1.56. The van der Waals surface area contributed by atoms with Gasteiger partial charge in [-0.05, 0) is 24.5 Å². The maximum Gasteiger partial charge on any atom is 0.251 e. The number of nitrogens with one attached hydrogen (secondary N) is 1. The van der Waals surface area contributed by atoms with Crippen LogP contribution in [-0.4, -0.2) is 19.1 Å². The van der Waals surface area contributed by atoms with Crippen molar-refractivity contribution in [2.75, 3.05) is 12.8 Å². The summed E-state index contributed by atoms with van der Waals surface area (Å²) < 4.78 is 5.09. The maximum absolute atomic E-state index is 12.0. The number of rotatable bonds is 4. The Morgan fingerprint density at radius 2 is 2.29 bits per heavy atom. The molecule has 0 aromatic heterocycles. The molecule has 0 spiro atoms. The summed E-state index contributed by atoms with van der Waals surface area (Å²) in [5.41, 5.74) is 6.81. The lowest BCUT2D eigenvalue weighted by molar-refractivity contribution is 0.0948. The number of benzene rings is 1. The molecule has 2 unspecified atom stereocenters. The number of methoxy groups -OCH3 is 1. The number of anilines is 1. The Morgan fingerprint density at radius 1 is 1.53 bits per heavy atom. The fraction of sp³-hybridized carbons (Fsp3) is 0.462. The molecule has 1 fully saturated rings. The van der Waals surface area contributed by atoms with E-state index in [4.69, 9.17) is 10.5 Å². The fourth-order valence-electron chi connectivity index (χ4n) is 2.00. The van der Waals surface area contributed by atoms with Crippen LogP contribution < -0.4 is 15.8 Å². The van der Waals surface area contributed by atoms with Gasteiger partial charge in [-0.25, -0.2) is 0 Å². The van der Waals surface area contributed by atoms with E-state index in [1.54, 1.807) is 25.3 Å². The van der Waals surface area contributed by atoms with Crippen molar-refractivity contribution >= 4 is 11.6 Å². The molecule has 1 aromatic rings. The van der Waals surface area contributed by atoms with Gasteiger partial charge in [-0.3, -0.25) is 4.79 Å². The zero-order valence-electron chi connectivity index (χ0n) is 10.2. The van der Waals surface area contributed by atoms with Crippen LogP contribution in [0.3, 0.4) is 0 Å². The van der Waals surface area contributed by atoms with Gasteiger partial charge in [0.2, 0.25) is 0 Å². The van der Waals surface area contributed by atoms with E-state index in [1.807, 2.05) is 0 Å². The molecule has 0 heterocycles. The molecule has 92 valence electrons. The van der Waals surface area contributed by atoms with Crippen LogP contribution in [0.4, 0.5) is 5.69 Å². The Labute approximate surface area is 101 Å². The Bertz CT molecular complexity index is 431. The standard InChI is InChI=1S/C13H18N2O2/c1-3-8-6-12(8)15-13(16)9-4-10(14)7-11(5-9)17-2/h4-5,7-8,12H,3,6,14H2,1-2H3,(H,15,16). The highest BCUT2D eigenvalue weighted by molar-refractivity contribution is 5.95. The van der Waals surface area contributed by atoms with Crippen molar-refractivity contribution in [3.8, 4) is 5.75 Å². The predicted octanol–water partition coefficient (Wildman–Crippen LogP) is 1.81. The van der Waals surface area contributed by atoms with Crippen LogP contribution in [0.15, 0.2) is 18.2 Å². The normalized spacial score (nSPS) is 22.0. The van der Waals surface area contributed by atoms with E-state index in [1.165, 1.54) is 0 Å². The second-order valence-corrected chi connectivity index (χ2v) is 4.48. The molecule has 2 atom stereocenters. The molecule has 1 aliphatic rings. The van der Waals surface area contributed by atoms with E-state index < -0.39 is 0 Å². The number of ether oxygens (including phenoxy) is 1. The van der Waals surface area contributed by atoms with Crippen LogP contribution >= 0.6 is 0 Å². The minimum absolute atomic E-state index is 0.0726. The smallest absolute Gasteiger partial charge is 0.251 e. The van der Waals surface area contributed by atoms with Crippen LogP contribution in [0.2, 0.25) is 0 Å². The number of nitrogen functional groups attached to an aromatic ring is 1. The summed E-state index contributed by atoms with van der Waals surface area (Å²) in [6.07, 6.45) is 2.20. The van der Waals surface area contributed by atoms with E-state index in [2.05, 4.69) is 12.2 Å². The number of amides is 1. The quantitative estimate of drug-likeness (QED) is 0.781. The summed E-state index contributed by atoms with van der Waals surface area (Å²) in [6, 6.07) is 5.40. The molecular weight excluding hydrogens is 216 g/mol. The van der Waals surface area contributed by atoms with Crippen molar-refractivity contribution in [3.05, 3.63) is 23.8 Å². The zero-order chi connectivity index (χ0) is 12.4. The van der Waals surface area contributed by atoms with Crippen molar-refractivity contribution in [1.29, 1.82) is 0 Å². The zero-order valence-corrected chi connectivity index (χ0v) is 10.2. The third-order valence-electron chi connectivity index (χ3n) is 3.19. The first-order valence-electron chi connectivity index (χ1n) is 5.89. The van der Waals surface area contributed by atoms with Crippen molar-refractivity contribution in [3.63, 3.8) is 0 Å². The molecule has 17 heavy (non-hydrogen) atoms. The number of hydrogen-bond donors (Lipinski definition) is 2. The molecular formula is C13H18N2O2. The van der Waals surface area contributed by atoms with Crippen LogP contribution in [0.25, 0.3) is 0 Å². The number of carbonyl (C=O) groups is 1. The van der Waals surface area contributed by atoms with Crippen molar-refractivity contribution in [2.24, 2.45) is 5.92 Å². The van der Waals surface area contributed by atoms with Crippen LogP contribution in [0.5, 0.6) is 5.75 Å². The lowest BCUT2D eigenvalue weighted by Gasteiger charge is -2.07. The monoisotopic (exact) mass is 234 g/mol. The Hall–Kier alpha value is -1.71. The van der Waals surface area contributed by atoms with Gasteiger partial charge in [0, 0.05) is 23.4 Å². The Morgan fingerprint density at radius 3 is 2.88 bits per heavy atom. The van der Waals surface area contributed by atoms with E-state index in [9.17, 15) is 4.79 Å². The minimum atomic E-state index is -0.0726. The van der Waals surface area contributed by atoms with E-state index in [0.717, 1.165) is 12.8 Å². The molecule has 0 bridgehead atoms. The highest BCUT2D eigenvalue weighted by atomic mass is 16.5. The number of nitrogens with two attached hydrogens (primary N) is 1. The third kappa shape index (κ3) is 2.70. The molecule has 2 rings (SSSR count). The van der Waals surface area contributed by atoms with Gasteiger partial charge < -0.3 is 15.8 Å². The topological polar surface area (TPSA) is 64.4 Å². The van der Waals surface area contributed by atoms with Crippen LogP contribution in [0.1, 0.15) is 30.1 Å². The average Bonchev–Trinajstić information content (AvgIpc) is 3.06. The van der Waals surface area contributed by atoms with Crippen LogP contribution in [0, 0.1) is 5.92 Å². The van der Waals surface area contributed by atoms with Crippen LogP contribution in [-0.2, 0) is 0 Å². The number of carbonyl (C=O) groups excluding carboxylic acids is 1. The third-order valence-corrected chi connectivity index (χ3v) is 3.19. The van der Waals surface area contributed by atoms with Gasteiger partial charge in [0.15, 0.2) is 0 Å². The second-order valence-electron chi connectivity index (χ2n) is 4.48. The van der Waals surface area contributed by atoms with Crippen molar-refractivity contribution in [2.45, 2.75) is 25.8 Å². The average molecular weight is 234 g/mol. The summed E-state index contributed by atoms with van der Waals surface area (Å²) in [5, 5.41) is 3.00. The first-order valence-corrected chi connectivity index (χ1v) is 5.89. The van der Waals surface area contributed by atoms with E-state index in [0.29, 0.717) is 29.0 Å². The second kappa shape index (κ2) is 4.65. The molecule has 1 amide bonds. The Balaban J connectivity index is 2.06. The molecule has 1 aromatic carbocycles. The van der Waals surface area contributed by atoms with Gasteiger partial charge in [-0.1, -0.05) is 13.3 Å². The highest BCUT2D eigenvalue weighted by Gasteiger charge is 2.36. The molecule has 0 radical (unpaired) electrons. The van der Waals surface area contributed by atoms with Gasteiger partial charge in [0.25, 0.3) is 5.91 Å². The van der Waals surface area contributed by atoms with Gasteiger partial charge in [-0.2, -0.15) is 0 Å². The molecule has 3 N–H and O–H groups in total. The molecule has 4 nitrogen and oxygen atoms in total. The summed E-state index contributed by atoms with van der Waals surface area (Å²) in [5.74, 6) is 1.18. The van der Waals surface area contributed by atoms with Gasteiger partial charge >= 0.3 is 0 Å². The lowest BCUT2D eigenvalue weighted by atomic mass is 10.1. The summed E-state index contributed by atoms with van der Waals surface area (Å²) in [4.78, 5) is 12.0. The highest BCUT2D eigenvalue weighted by Crippen LogP contribution is 2.33. The van der Waals surface area contributed by atoms with E-state index in [-0.39, 0.29) is 5.91 Å². The lowest BCUT2D eigenvalue weighted by Crippen LogP contribution is -2.26. The molecule has 1 saturated carbocycles. The summed E-state index contributed by atoms with van der Waals surface area (Å²) >= 11 is 0. The fourth-order valence-corrected chi connectivity index (χ4v) is 2.00. The summed E-state index contributed by atoms with van der Waals surface area (Å²) in [6.45, 7) is 2.14. The van der Waals surface area contributed by atoms with Gasteiger partial charge in [0.05, 0.1) is 7.11 Å². The first-order chi connectivity index (χ1) is 8.13. The van der Waals surface area contributed by atoms with Crippen molar-refractivity contribution < 1.29 is 9.53 Å². The first kappa shape index (κ1) is 11.8. The number of hydrogen-bond acceptors (Lipinski definition) is 3. The maximum atomic E-state index is 12.0. The van der Waals surface area contributed by atoms with Gasteiger partial charge in [0.1, 0.15) is 5.75 Å².